The number of carbonyl (C=O) groups is 2. The van der Waals surface area contributed by atoms with Gasteiger partial charge in [0.25, 0.3) is 0 Å². The van der Waals surface area contributed by atoms with Crippen molar-refractivity contribution in [3.63, 3.8) is 0 Å². The van der Waals surface area contributed by atoms with E-state index in [-0.39, 0.29) is 16.5 Å². The third-order valence-corrected chi connectivity index (χ3v) is 6.00. The molecule has 0 unspecified atom stereocenters. The Kier molecular flexibility index (Phi) is 5.25. The number of nitrogens with one attached hydrogen (secondary N) is 1. The number of hydrogen-bond donors (Lipinski definition) is 1. The number of fused-ring (bicyclic) bond motifs is 1. The summed E-state index contributed by atoms with van der Waals surface area (Å²) >= 11 is 0. The molecule has 0 spiro atoms. The number of benzene rings is 2. The van der Waals surface area contributed by atoms with E-state index in [2.05, 4.69) is 4.72 Å². The predicted molar refractivity (Wildman–Crippen MR) is 102 cm³/mol. The van der Waals surface area contributed by atoms with E-state index < -0.39 is 28.4 Å². The van der Waals surface area contributed by atoms with Crippen LogP contribution in [0.4, 0.5) is 0 Å². The lowest BCUT2D eigenvalue weighted by molar-refractivity contribution is 0.0474. The molecule has 1 N–H and O–H groups in total. The molecule has 0 amide bonds. The lowest BCUT2D eigenvalue weighted by Crippen LogP contribution is -2.26. The average molecular weight is 417 g/mol. The smallest absolute Gasteiger partial charge is 0.338 e. The van der Waals surface area contributed by atoms with Crippen molar-refractivity contribution in [1.29, 1.82) is 0 Å². The van der Waals surface area contributed by atoms with E-state index in [1.165, 1.54) is 24.3 Å². The summed E-state index contributed by atoms with van der Waals surface area (Å²) in [7, 11) is -3.69. The van der Waals surface area contributed by atoms with Crippen LogP contribution in [0.2, 0.25) is 0 Å². The summed E-state index contributed by atoms with van der Waals surface area (Å²) < 4.78 is 43.0. The number of Topliss-reactive ketones (excluding diaryl/α,β-unsaturated/α-hetero) is 1. The van der Waals surface area contributed by atoms with Crippen LogP contribution in [0, 0.1) is 0 Å². The van der Waals surface area contributed by atoms with Gasteiger partial charge in [0.2, 0.25) is 10.0 Å². The van der Waals surface area contributed by atoms with Crippen molar-refractivity contribution >= 4 is 21.8 Å². The molecule has 2 aliphatic rings. The lowest BCUT2D eigenvalue weighted by Gasteiger charge is -2.18. The summed E-state index contributed by atoms with van der Waals surface area (Å²) in [6.07, 6.45) is 1.62. The molecular weight excluding hydrogens is 398 g/mol. The monoisotopic (exact) mass is 417 g/mol. The van der Waals surface area contributed by atoms with Crippen molar-refractivity contribution in [1.82, 2.24) is 4.72 Å². The van der Waals surface area contributed by atoms with Gasteiger partial charge in [0.15, 0.2) is 23.9 Å². The summed E-state index contributed by atoms with van der Waals surface area (Å²) in [6.45, 7) is 0.368. The van der Waals surface area contributed by atoms with Gasteiger partial charge in [-0.25, -0.2) is 17.9 Å². The number of ketones is 1. The molecule has 0 atom stereocenters. The van der Waals surface area contributed by atoms with E-state index >= 15 is 0 Å². The van der Waals surface area contributed by atoms with Gasteiger partial charge in [0.05, 0.1) is 10.5 Å². The first kappa shape index (κ1) is 19.4. The van der Waals surface area contributed by atoms with Gasteiger partial charge < -0.3 is 14.2 Å². The van der Waals surface area contributed by atoms with Gasteiger partial charge in [-0.2, -0.15) is 0 Å². The summed E-state index contributed by atoms with van der Waals surface area (Å²) in [4.78, 5) is 24.6. The van der Waals surface area contributed by atoms with E-state index in [4.69, 9.17) is 14.2 Å². The van der Waals surface area contributed by atoms with Crippen molar-refractivity contribution in [2.45, 2.75) is 23.8 Å². The molecule has 0 radical (unpaired) electrons. The van der Waals surface area contributed by atoms with Gasteiger partial charge in [-0.1, -0.05) is 6.07 Å². The minimum absolute atomic E-state index is 0.0167. The molecule has 1 heterocycles. The number of carbonyl (C=O) groups excluding carboxylic acids is 2. The van der Waals surface area contributed by atoms with Crippen LogP contribution in [-0.4, -0.2) is 46.0 Å². The molecular formula is C20H19NO7S. The zero-order valence-electron chi connectivity index (χ0n) is 15.4. The third kappa shape index (κ3) is 4.57. The highest BCUT2D eigenvalue weighted by molar-refractivity contribution is 7.89. The van der Waals surface area contributed by atoms with Gasteiger partial charge in [-0.3, -0.25) is 4.79 Å². The van der Waals surface area contributed by atoms with Crippen molar-refractivity contribution in [3.8, 4) is 11.5 Å². The van der Waals surface area contributed by atoms with Crippen LogP contribution in [0.5, 0.6) is 11.5 Å². The standard InChI is InChI=1S/C20H19NO7S/c22-17(13-4-7-18-19(11-13)27-9-8-26-18)12-28-20(23)14-2-1-3-16(10-14)29(24,25)21-15-5-6-15/h1-4,7,10-11,15,21H,5-6,8-9,12H2. The number of esters is 1. The molecule has 0 aromatic heterocycles. The van der Waals surface area contributed by atoms with Crippen molar-refractivity contribution in [2.75, 3.05) is 19.8 Å². The van der Waals surface area contributed by atoms with E-state index in [1.807, 2.05) is 0 Å². The minimum atomic E-state index is -3.69. The average Bonchev–Trinajstić information content (AvgIpc) is 3.54. The van der Waals surface area contributed by atoms with Crippen LogP contribution in [0.3, 0.4) is 0 Å². The molecule has 8 nitrogen and oxygen atoms in total. The molecule has 1 saturated carbocycles. The van der Waals surface area contributed by atoms with Crippen LogP contribution in [0.1, 0.15) is 33.6 Å². The first-order valence-corrected chi connectivity index (χ1v) is 10.6. The maximum absolute atomic E-state index is 12.3. The zero-order valence-corrected chi connectivity index (χ0v) is 16.2. The first-order valence-electron chi connectivity index (χ1n) is 9.15. The van der Waals surface area contributed by atoms with Crippen LogP contribution >= 0.6 is 0 Å². The van der Waals surface area contributed by atoms with Crippen LogP contribution in [-0.2, 0) is 14.8 Å². The molecule has 1 aliphatic heterocycles. The maximum atomic E-state index is 12.3. The van der Waals surface area contributed by atoms with E-state index in [9.17, 15) is 18.0 Å². The maximum Gasteiger partial charge on any atom is 0.338 e. The molecule has 29 heavy (non-hydrogen) atoms. The lowest BCUT2D eigenvalue weighted by atomic mass is 10.1. The van der Waals surface area contributed by atoms with E-state index in [0.29, 0.717) is 30.3 Å². The van der Waals surface area contributed by atoms with Gasteiger partial charge >= 0.3 is 5.97 Å². The van der Waals surface area contributed by atoms with E-state index in [0.717, 1.165) is 12.8 Å². The van der Waals surface area contributed by atoms with Crippen molar-refractivity contribution < 1.29 is 32.2 Å². The fraction of sp³-hybridized carbons (Fsp3) is 0.300. The molecule has 1 aliphatic carbocycles. The molecule has 4 rings (SSSR count). The Labute approximate surface area is 167 Å². The molecule has 0 bridgehead atoms. The molecule has 2 aromatic carbocycles. The fourth-order valence-electron chi connectivity index (χ4n) is 2.79. The Bertz CT molecular complexity index is 1060. The van der Waals surface area contributed by atoms with Crippen LogP contribution in [0.15, 0.2) is 47.4 Å². The fourth-order valence-corrected chi connectivity index (χ4v) is 4.14. The van der Waals surface area contributed by atoms with Gasteiger partial charge in [-0.15, -0.1) is 0 Å². The zero-order chi connectivity index (χ0) is 20.4. The first-order chi connectivity index (χ1) is 13.9. The Hall–Kier alpha value is -2.91. The largest absolute Gasteiger partial charge is 0.486 e. The van der Waals surface area contributed by atoms with Gasteiger partial charge in [-0.05, 0) is 49.2 Å². The summed E-state index contributed by atoms with van der Waals surface area (Å²) in [6, 6.07) is 10.2. The van der Waals surface area contributed by atoms with Crippen molar-refractivity contribution in [2.24, 2.45) is 0 Å². The quantitative estimate of drug-likeness (QED) is 0.542. The summed E-state index contributed by atoms with van der Waals surface area (Å²) in [5, 5.41) is 0. The van der Waals surface area contributed by atoms with Gasteiger partial charge in [0, 0.05) is 11.6 Å². The highest BCUT2D eigenvalue weighted by Gasteiger charge is 2.28. The molecule has 152 valence electrons. The molecule has 2 aromatic rings. The Morgan fingerprint density at radius 2 is 1.76 bits per heavy atom. The second kappa shape index (κ2) is 7.84. The highest BCUT2D eigenvalue weighted by atomic mass is 32.2. The van der Waals surface area contributed by atoms with Crippen LogP contribution < -0.4 is 14.2 Å². The molecule has 9 heteroatoms. The highest BCUT2D eigenvalue weighted by Crippen LogP contribution is 2.31. The van der Waals surface area contributed by atoms with Gasteiger partial charge in [0.1, 0.15) is 13.2 Å². The number of hydrogen-bond acceptors (Lipinski definition) is 7. The number of sulfonamides is 1. The summed E-state index contributed by atoms with van der Waals surface area (Å²) in [5.41, 5.74) is 0.380. The normalized spacial score (nSPS) is 15.6. The predicted octanol–water partition coefficient (Wildman–Crippen LogP) is 1.94. The van der Waals surface area contributed by atoms with E-state index in [1.54, 1.807) is 18.2 Å². The Morgan fingerprint density at radius 3 is 2.52 bits per heavy atom. The van der Waals surface area contributed by atoms with Crippen LogP contribution in [0.25, 0.3) is 0 Å². The molecule has 0 saturated heterocycles. The minimum Gasteiger partial charge on any atom is -0.486 e. The second-order valence-electron chi connectivity index (χ2n) is 6.78. The number of rotatable bonds is 7. The molecule has 1 fully saturated rings. The Balaban J connectivity index is 1.40. The topological polar surface area (TPSA) is 108 Å². The van der Waals surface area contributed by atoms with Crippen molar-refractivity contribution in [3.05, 3.63) is 53.6 Å². The number of ether oxygens (including phenoxy) is 3. The third-order valence-electron chi connectivity index (χ3n) is 4.48. The summed E-state index contributed by atoms with van der Waals surface area (Å²) in [5.74, 6) is -0.161. The SMILES string of the molecule is O=C(COC(=O)c1cccc(S(=O)(=O)NC2CC2)c1)c1ccc2c(c1)OCCO2. The second-order valence-corrected chi connectivity index (χ2v) is 8.50. The Morgan fingerprint density at radius 1 is 1.00 bits per heavy atom.